The topological polar surface area (TPSA) is 26.0 Å². The quantitative estimate of drug-likeness (QED) is 0.862. The van der Waals surface area contributed by atoms with E-state index in [1.807, 2.05) is 45.0 Å². The Morgan fingerprint density at radius 2 is 1.84 bits per heavy atom. The molecule has 2 aromatic carbocycles. The largest absolute Gasteiger partial charge is 0.320 e. The van der Waals surface area contributed by atoms with Gasteiger partial charge in [0.25, 0.3) is 0 Å². The van der Waals surface area contributed by atoms with Gasteiger partial charge in [-0.25, -0.2) is 4.39 Å². The molecular weight excluding hydrogens is 261 g/mol. The van der Waals surface area contributed by atoms with Crippen LogP contribution in [0.5, 0.6) is 0 Å². The van der Waals surface area contributed by atoms with Gasteiger partial charge in [-0.05, 0) is 55.2 Å². The summed E-state index contributed by atoms with van der Waals surface area (Å²) in [6.07, 6.45) is 0. The number of rotatable bonds is 2. The summed E-state index contributed by atoms with van der Waals surface area (Å²) in [5.74, 6) is -0.260. The highest BCUT2D eigenvalue weighted by Crippen LogP contribution is 2.30. The van der Waals surface area contributed by atoms with Gasteiger partial charge >= 0.3 is 0 Å². The lowest BCUT2D eigenvalue weighted by atomic mass is 9.91. The van der Waals surface area contributed by atoms with Crippen molar-refractivity contribution in [3.8, 4) is 0 Å². The molecule has 0 heterocycles. The van der Waals surface area contributed by atoms with Gasteiger partial charge in [0, 0.05) is 10.6 Å². The van der Waals surface area contributed by atoms with Crippen molar-refractivity contribution < 1.29 is 4.39 Å². The first kappa shape index (κ1) is 14.0. The third-order valence-electron chi connectivity index (χ3n) is 3.44. The Labute approximate surface area is 118 Å². The van der Waals surface area contributed by atoms with Crippen LogP contribution in [0.4, 0.5) is 4.39 Å². The van der Waals surface area contributed by atoms with Crippen LogP contribution in [0.1, 0.15) is 33.9 Å². The molecule has 1 atom stereocenters. The first-order chi connectivity index (χ1) is 8.91. The molecule has 0 bridgehead atoms. The van der Waals surface area contributed by atoms with E-state index in [1.54, 1.807) is 0 Å². The predicted octanol–water partition coefficient (Wildman–Crippen LogP) is 4.45. The van der Waals surface area contributed by atoms with E-state index in [0.717, 1.165) is 22.3 Å². The number of hydrogen-bond acceptors (Lipinski definition) is 1. The maximum absolute atomic E-state index is 14.2. The van der Waals surface area contributed by atoms with Gasteiger partial charge in [0.05, 0.1) is 6.04 Å². The smallest absolute Gasteiger partial charge is 0.128 e. The zero-order chi connectivity index (χ0) is 14.2. The molecule has 1 nitrogen and oxygen atoms in total. The van der Waals surface area contributed by atoms with Crippen LogP contribution in [0, 0.1) is 26.6 Å². The molecule has 0 aliphatic carbocycles. The van der Waals surface area contributed by atoms with Crippen LogP contribution in [0.3, 0.4) is 0 Å². The van der Waals surface area contributed by atoms with Gasteiger partial charge in [0.1, 0.15) is 5.82 Å². The standard InChI is InChI=1S/C16H17ClFN/c1-9-7-10(2)15(14(18)8-9)16(19)12-5-4-6-13(17)11(12)3/h4-8,16H,19H2,1-3H3. The highest BCUT2D eigenvalue weighted by atomic mass is 35.5. The second-order valence-corrected chi connectivity index (χ2v) is 5.32. The lowest BCUT2D eigenvalue weighted by Crippen LogP contribution is -2.16. The summed E-state index contributed by atoms with van der Waals surface area (Å²) < 4.78 is 14.2. The van der Waals surface area contributed by atoms with Gasteiger partial charge in [-0.3, -0.25) is 0 Å². The summed E-state index contributed by atoms with van der Waals surface area (Å²) in [6, 6.07) is 8.50. The van der Waals surface area contributed by atoms with Crippen molar-refractivity contribution in [1.29, 1.82) is 0 Å². The third kappa shape index (κ3) is 2.65. The summed E-state index contributed by atoms with van der Waals surface area (Å²) in [5.41, 5.74) is 10.3. The number of halogens is 2. The van der Waals surface area contributed by atoms with Crippen LogP contribution in [0.2, 0.25) is 5.02 Å². The van der Waals surface area contributed by atoms with Crippen LogP contribution >= 0.6 is 11.6 Å². The van der Waals surface area contributed by atoms with E-state index in [0.29, 0.717) is 10.6 Å². The van der Waals surface area contributed by atoms with Crippen molar-refractivity contribution in [2.45, 2.75) is 26.8 Å². The Bertz CT molecular complexity index is 599. The molecule has 0 aliphatic heterocycles. The summed E-state index contributed by atoms with van der Waals surface area (Å²) in [7, 11) is 0. The lowest BCUT2D eigenvalue weighted by Gasteiger charge is -2.19. The molecule has 3 heteroatoms. The molecule has 2 rings (SSSR count). The Balaban J connectivity index is 2.56. The second kappa shape index (κ2) is 5.32. The Hall–Kier alpha value is -1.38. The Morgan fingerprint density at radius 1 is 1.16 bits per heavy atom. The highest BCUT2D eigenvalue weighted by Gasteiger charge is 2.19. The molecular formula is C16H17ClFN. The molecule has 2 N–H and O–H groups in total. The van der Waals surface area contributed by atoms with Crippen LogP contribution in [0.15, 0.2) is 30.3 Å². The van der Waals surface area contributed by atoms with E-state index < -0.39 is 6.04 Å². The average molecular weight is 278 g/mol. The minimum Gasteiger partial charge on any atom is -0.320 e. The zero-order valence-corrected chi connectivity index (χ0v) is 12.1. The molecule has 0 fully saturated rings. The molecule has 0 spiro atoms. The Morgan fingerprint density at radius 3 is 2.47 bits per heavy atom. The van der Waals surface area contributed by atoms with E-state index in [-0.39, 0.29) is 5.82 Å². The van der Waals surface area contributed by atoms with Crippen molar-refractivity contribution in [3.05, 3.63) is 69.0 Å². The van der Waals surface area contributed by atoms with Gasteiger partial charge in [0.15, 0.2) is 0 Å². The van der Waals surface area contributed by atoms with Gasteiger partial charge in [-0.2, -0.15) is 0 Å². The molecule has 0 saturated heterocycles. The maximum Gasteiger partial charge on any atom is 0.128 e. The number of benzene rings is 2. The first-order valence-corrected chi connectivity index (χ1v) is 6.57. The van der Waals surface area contributed by atoms with E-state index in [2.05, 4.69) is 0 Å². The first-order valence-electron chi connectivity index (χ1n) is 6.19. The fourth-order valence-electron chi connectivity index (χ4n) is 2.44. The number of aryl methyl sites for hydroxylation is 2. The third-order valence-corrected chi connectivity index (χ3v) is 3.85. The summed E-state index contributed by atoms with van der Waals surface area (Å²) in [5, 5.41) is 0.651. The van der Waals surface area contributed by atoms with Crippen LogP contribution < -0.4 is 5.73 Å². The van der Waals surface area contributed by atoms with Gasteiger partial charge < -0.3 is 5.73 Å². The maximum atomic E-state index is 14.2. The summed E-state index contributed by atoms with van der Waals surface area (Å²) in [6.45, 7) is 5.65. The highest BCUT2D eigenvalue weighted by molar-refractivity contribution is 6.31. The molecule has 100 valence electrons. The SMILES string of the molecule is Cc1cc(C)c(C(N)c2cccc(Cl)c2C)c(F)c1. The van der Waals surface area contributed by atoms with Crippen molar-refractivity contribution in [2.75, 3.05) is 0 Å². The van der Waals surface area contributed by atoms with E-state index in [4.69, 9.17) is 17.3 Å². The fourth-order valence-corrected chi connectivity index (χ4v) is 2.62. The lowest BCUT2D eigenvalue weighted by molar-refractivity contribution is 0.595. The van der Waals surface area contributed by atoms with Crippen LogP contribution in [-0.2, 0) is 0 Å². The second-order valence-electron chi connectivity index (χ2n) is 4.91. The van der Waals surface area contributed by atoms with Crippen LogP contribution in [-0.4, -0.2) is 0 Å². The monoisotopic (exact) mass is 277 g/mol. The molecule has 19 heavy (non-hydrogen) atoms. The van der Waals surface area contributed by atoms with Gasteiger partial charge in [-0.1, -0.05) is 29.8 Å². The normalized spacial score (nSPS) is 12.5. The van der Waals surface area contributed by atoms with Crippen molar-refractivity contribution in [1.82, 2.24) is 0 Å². The van der Waals surface area contributed by atoms with E-state index in [9.17, 15) is 4.39 Å². The average Bonchev–Trinajstić information content (AvgIpc) is 2.31. The molecule has 1 unspecified atom stereocenters. The number of hydrogen-bond donors (Lipinski definition) is 1. The minimum atomic E-state index is -0.501. The summed E-state index contributed by atoms with van der Waals surface area (Å²) in [4.78, 5) is 0. The number of nitrogens with two attached hydrogens (primary N) is 1. The Kier molecular flexibility index (Phi) is 3.93. The van der Waals surface area contributed by atoms with E-state index in [1.165, 1.54) is 6.07 Å². The fraction of sp³-hybridized carbons (Fsp3) is 0.250. The van der Waals surface area contributed by atoms with Crippen molar-refractivity contribution in [3.63, 3.8) is 0 Å². The van der Waals surface area contributed by atoms with Crippen molar-refractivity contribution in [2.24, 2.45) is 5.73 Å². The molecule has 0 aliphatic rings. The zero-order valence-electron chi connectivity index (χ0n) is 11.3. The van der Waals surface area contributed by atoms with Crippen molar-refractivity contribution >= 4 is 11.6 Å². The molecule has 0 radical (unpaired) electrons. The minimum absolute atomic E-state index is 0.260. The summed E-state index contributed by atoms with van der Waals surface area (Å²) >= 11 is 6.10. The molecule has 0 amide bonds. The predicted molar refractivity (Wildman–Crippen MR) is 78.1 cm³/mol. The molecule has 2 aromatic rings. The molecule has 0 saturated carbocycles. The van der Waals surface area contributed by atoms with Gasteiger partial charge in [-0.15, -0.1) is 0 Å². The molecule has 0 aromatic heterocycles. The van der Waals surface area contributed by atoms with Crippen LogP contribution in [0.25, 0.3) is 0 Å². The van der Waals surface area contributed by atoms with Gasteiger partial charge in [0.2, 0.25) is 0 Å². The van der Waals surface area contributed by atoms with E-state index >= 15 is 0 Å².